The maximum atomic E-state index is 12.9. The largest absolute Gasteiger partial charge is 0.490 e. The van der Waals surface area contributed by atoms with Gasteiger partial charge in [-0.25, -0.2) is 0 Å². The molecule has 0 unspecified atom stereocenters. The quantitative estimate of drug-likeness (QED) is 0.190. The van der Waals surface area contributed by atoms with Crippen LogP contribution < -0.4 is 14.4 Å². The number of aromatic nitrogens is 3. The molecular weight excluding hydrogens is 460 g/mol. The molecule has 0 fully saturated rings. The molecule has 35 heavy (non-hydrogen) atoms. The first-order valence-corrected chi connectivity index (χ1v) is 12.9. The summed E-state index contributed by atoms with van der Waals surface area (Å²) in [6.45, 7) is 7.82. The third-order valence-electron chi connectivity index (χ3n) is 5.61. The Morgan fingerprint density at radius 2 is 1.94 bits per heavy atom. The third-order valence-corrected chi connectivity index (χ3v) is 6.54. The minimum Gasteiger partial charge on any atom is -0.490 e. The molecule has 1 aliphatic heterocycles. The summed E-state index contributed by atoms with van der Waals surface area (Å²) in [5.74, 6) is 1.85. The van der Waals surface area contributed by atoms with Gasteiger partial charge in [-0.05, 0) is 36.8 Å². The molecule has 0 N–H and O–H groups in total. The second kappa shape index (κ2) is 11.8. The van der Waals surface area contributed by atoms with Gasteiger partial charge in [-0.15, -0.1) is 10.2 Å². The highest BCUT2D eigenvalue weighted by molar-refractivity contribution is 7.99. The van der Waals surface area contributed by atoms with Crippen LogP contribution in [-0.2, 0) is 4.79 Å². The Morgan fingerprint density at radius 1 is 1.14 bits per heavy atom. The number of nitrogens with zero attached hydrogens (tertiary/aromatic N) is 4. The maximum absolute atomic E-state index is 12.9. The van der Waals surface area contributed by atoms with E-state index in [0.717, 1.165) is 23.3 Å². The van der Waals surface area contributed by atoms with Crippen molar-refractivity contribution in [1.82, 2.24) is 15.2 Å². The van der Waals surface area contributed by atoms with Crippen LogP contribution in [0.15, 0.2) is 66.3 Å². The van der Waals surface area contributed by atoms with Crippen molar-refractivity contribution in [1.29, 1.82) is 0 Å². The molecule has 0 radical (unpaired) electrons. The predicted octanol–water partition coefficient (Wildman–Crippen LogP) is 6.22. The number of anilines is 1. The molecule has 2 heterocycles. The van der Waals surface area contributed by atoms with Crippen LogP contribution in [0.1, 0.15) is 51.3 Å². The summed E-state index contributed by atoms with van der Waals surface area (Å²) in [6.07, 6.45) is 5.69. The fourth-order valence-corrected chi connectivity index (χ4v) is 4.68. The van der Waals surface area contributed by atoms with E-state index in [9.17, 15) is 4.79 Å². The first-order valence-electron chi connectivity index (χ1n) is 11.9. The van der Waals surface area contributed by atoms with Crippen LogP contribution in [0.25, 0.3) is 11.3 Å². The van der Waals surface area contributed by atoms with Crippen molar-refractivity contribution < 1.29 is 14.3 Å². The second-order valence-electron chi connectivity index (χ2n) is 8.20. The van der Waals surface area contributed by atoms with E-state index in [1.807, 2.05) is 48.5 Å². The number of para-hydroxylation sites is 1. The minimum absolute atomic E-state index is 0.152. The van der Waals surface area contributed by atoms with E-state index < -0.39 is 6.23 Å². The first-order chi connectivity index (χ1) is 17.1. The van der Waals surface area contributed by atoms with Crippen LogP contribution in [0.2, 0.25) is 0 Å². The Bertz CT molecular complexity index is 1170. The average Bonchev–Trinajstić information content (AvgIpc) is 3.02. The molecule has 1 amide bonds. The van der Waals surface area contributed by atoms with Crippen LogP contribution in [0.5, 0.6) is 11.6 Å². The van der Waals surface area contributed by atoms with Gasteiger partial charge in [0.1, 0.15) is 12.4 Å². The van der Waals surface area contributed by atoms with Crippen LogP contribution in [0.4, 0.5) is 5.69 Å². The number of unbranched alkanes of at least 4 members (excludes halogenated alkanes) is 3. The van der Waals surface area contributed by atoms with Gasteiger partial charge in [-0.3, -0.25) is 9.69 Å². The summed E-state index contributed by atoms with van der Waals surface area (Å²) in [6, 6.07) is 15.1. The Hall–Kier alpha value is -3.39. The molecule has 2 aromatic carbocycles. The van der Waals surface area contributed by atoms with Crippen molar-refractivity contribution in [2.45, 2.75) is 50.9 Å². The molecule has 0 bridgehead atoms. The molecule has 1 atom stereocenters. The van der Waals surface area contributed by atoms with Gasteiger partial charge in [0.25, 0.3) is 0 Å². The number of carbonyl (C=O) groups is 1. The number of carbonyl (C=O) groups excluding carboxylic acids is 1. The summed E-state index contributed by atoms with van der Waals surface area (Å²) in [5.41, 5.74) is 2.77. The fraction of sp³-hybridized carbons (Fsp3) is 0.333. The highest BCUT2D eigenvalue weighted by Crippen LogP contribution is 2.43. The SMILES string of the molecule is C=CCOc1ccc([C@H]2Oc3nc(SCCCCCC)nnc3-c3ccccc3N2C(C)=O)cc1. The Balaban J connectivity index is 1.70. The van der Waals surface area contributed by atoms with Crippen molar-refractivity contribution in [2.75, 3.05) is 17.3 Å². The second-order valence-corrected chi connectivity index (χ2v) is 9.26. The van der Waals surface area contributed by atoms with E-state index in [0.29, 0.717) is 34.8 Å². The average molecular weight is 491 g/mol. The molecule has 7 nitrogen and oxygen atoms in total. The number of benzene rings is 2. The van der Waals surface area contributed by atoms with E-state index in [1.165, 1.54) is 26.2 Å². The lowest BCUT2D eigenvalue weighted by atomic mass is 10.1. The van der Waals surface area contributed by atoms with Gasteiger partial charge in [0.2, 0.25) is 23.2 Å². The summed E-state index contributed by atoms with van der Waals surface area (Å²) >= 11 is 1.58. The normalized spacial score (nSPS) is 14.3. The van der Waals surface area contributed by atoms with Gasteiger partial charge in [0, 0.05) is 23.8 Å². The van der Waals surface area contributed by atoms with Crippen molar-refractivity contribution in [3.05, 3.63) is 66.7 Å². The van der Waals surface area contributed by atoms with Gasteiger partial charge in [0.15, 0.2) is 5.69 Å². The molecule has 1 aliphatic rings. The Kier molecular flexibility index (Phi) is 8.36. The van der Waals surface area contributed by atoms with Crippen molar-refractivity contribution >= 4 is 23.4 Å². The number of rotatable bonds is 10. The number of thioether (sulfide) groups is 1. The number of ether oxygens (including phenoxy) is 2. The topological polar surface area (TPSA) is 77.4 Å². The van der Waals surface area contributed by atoms with Crippen LogP contribution in [0.3, 0.4) is 0 Å². The molecule has 182 valence electrons. The van der Waals surface area contributed by atoms with Gasteiger partial charge in [-0.2, -0.15) is 4.98 Å². The molecule has 0 saturated heterocycles. The lowest BCUT2D eigenvalue weighted by molar-refractivity contribution is -0.118. The summed E-state index contributed by atoms with van der Waals surface area (Å²) in [4.78, 5) is 19.2. The molecule has 0 saturated carbocycles. The Morgan fingerprint density at radius 3 is 2.69 bits per heavy atom. The van der Waals surface area contributed by atoms with Crippen molar-refractivity contribution in [2.24, 2.45) is 0 Å². The molecule has 4 rings (SSSR count). The van der Waals surface area contributed by atoms with Crippen molar-refractivity contribution in [3.8, 4) is 22.9 Å². The van der Waals surface area contributed by atoms with Crippen LogP contribution in [-0.4, -0.2) is 33.4 Å². The molecule has 0 aliphatic carbocycles. The van der Waals surface area contributed by atoms with E-state index in [2.05, 4.69) is 23.7 Å². The monoisotopic (exact) mass is 490 g/mol. The highest BCUT2D eigenvalue weighted by atomic mass is 32.2. The van der Waals surface area contributed by atoms with E-state index in [4.69, 9.17) is 14.5 Å². The molecule has 3 aromatic rings. The number of hydrogen-bond donors (Lipinski definition) is 0. The summed E-state index contributed by atoms with van der Waals surface area (Å²) < 4.78 is 12.0. The van der Waals surface area contributed by atoms with Crippen molar-refractivity contribution in [3.63, 3.8) is 0 Å². The van der Waals surface area contributed by atoms with Gasteiger partial charge in [-0.1, -0.05) is 68.8 Å². The summed E-state index contributed by atoms with van der Waals surface area (Å²) in [5, 5.41) is 9.40. The number of hydrogen-bond acceptors (Lipinski definition) is 7. The molecular formula is C27H30N4O3S. The highest BCUT2D eigenvalue weighted by Gasteiger charge is 2.34. The van der Waals surface area contributed by atoms with Crippen LogP contribution in [0, 0.1) is 0 Å². The number of fused-ring (bicyclic) bond motifs is 3. The maximum Gasteiger partial charge on any atom is 0.247 e. The van der Waals surface area contributed by atoms with Gasteiger partial charge < -0.3 is 9.47 Å². The lowest BCUT2D eigenvalue weighted by Crippen LogP contribution is -2.36. The number of amides is 1. The Labute approximate surface area is 210 Å². The minimum atomic E-state index is -0.720. The van der Waals surface area contributed by atoms with E-state index in [-0.39, 0.29) is 5.91 Å². The molecule has 0 spiro atoms. The van der Waals surface area contributed by atoms with E-state index >= 15 is 0 Å². The van der Waals surface area contributed by atoms with Gasteiger partial charge in [0.05, 0.1) is 5.69 Å². The zero-order chi connectivity index (χ0) is 24.6. The first kappa shape index (κ1) is 24.7. The smallest absolute Gasteiger partial charge is 0.247 e. The third kappa shape index (κ3) is 5.82. The zero-order valence-electron chi connectivity index (χ0n) is 20.1. The van der Waals surface area contributed by atoms with E-state index in [1.54, 1.807) is 22.7 Å². The zero-order valence-corrected chi connectivity index (χ0v) is 21.0. The van der Waals surface area contributed by atoms with Crippen LogP contribution >= 0.6 is 11.8 Å². The molecule has 8 heteroatoms. The van der Waals surface area contributed by atoms with Gasteiger partial charge >= 0.3 is 0 Å². The lowest BCUT2D eigenvalue weighted by Gasteiger charge is -2.30. The summed E-state index contributed by atoms with van der Waals surface area (Å²) in [7, 11) is 0. The molecule has 1 aromatic heterocycles. The fourth-order valence-electron chi connectivity index (χ4n) is 3.91. The predicted molar refractivity (Wildman–Crippen MR) is 139 cm³/mol. The standard InChI is InChI=1S/C27H30N4O3S/c1-4-6-7-10-18-35-27-28-25-24(29-30-27)22-11-8-9-12-23(22)31(19(3)32)26(34-25)20-13-15-21(16-14-20)33-17-5-2/h5,8-9,11-16,26H,2,4,6-7,10,17-18H2,1,3H3/t26-/m1/s1.